The second kappa shape index (κ2) is 4.72. The highest BCUT2D eigenvalue weighted by Crippen LogP contribution is 2.20. The largest absolute Gasteiger partial charge is 0.444 e. The second-order valence-corrected chi connectivity index (χ2v) is 5.15. The van der Waals surface area contributed by atoms with E-state index in [2.05, 4.69) is 5.32 Å². The summed E-state index contributed by atoms with van der Waals surface area (Å²) in [7, 11) is 0. The third-order valence-corrected chi connectivity index (χ3v) is 2.08. The fraction of sp³-hybridized carbons (Fsp3) is 0.900. The van der Waals surface area contributed by atoms with Crippen molar-refractivity contribution in [2.45, 2.75) is 38.6 Å². The van der Waals surface area contributed by atoms with Crippen LogP contribution < -0.4 is 5.32 Å². The number of alkyl carbamates (subject to hydrolysis) is 1. The van der Waals surface area contributed by atoms with Gasteiger partial charge in [0.25, 0.3) is 0 Å². The minimum Gasteiger partial charge on any atom is -0.444 e. The maximum atomic E-state index is 12.0. The van der Waals surface area contributed by atoms with Crippen LogP contribution in [0.4, 0.5) is 18.0 Å². The van der Waals surface area contributed by atoms with Gasteiger partial charge in [0.1, 0.15) is 5.60 Å². The Kier molecular flexibility index (Phi) is 3.91. The van der Waals surface area contributed by atoms with Crippen molar-refractivity contribution in [2.75, 3.05) is 19.6 Å². The average Bonchev–Trinajstić information content (AvgIpc) is 1.93. The topological polar surface area (TPSA) is 41.6 Å². The second-order valence-electron chi connectivity index (χ2n) is 5.15. The molecule has 17 heavy (non-hydrogen) atoms. The van der Waals surface area contributed by atoms with Crippen molar-refractivity contribution in [1.29, 1.82) is 0 Å². The predicted molar refractivity (Wildman–Crippen MR) is 55.7 cm³/mol. The molecule has 0 aromatic rings. The third kappa shape index (κ3) is 5.76. The molecule has 0 aliphatic carbocycles. The van der Waals surface area contributed by atoms with Gasteiger partial charge in [0.05, 0.1) is 12.6 Å². The number of hydrogen-bond donors (Lipinski definition) is 1. The van der Waals surface area contributed by atoms with E-state index in [0.717, 1.165) is 0 Å². The first-order valence-electron chi connectivity index (χ1n) is 5.34. The molecule has 1 amide bonds. The van der Waals surface area contributed by atoms with Crippen LogP contribution in [0.15, 0.2) is 0 Å². The van der Waals surface area contributed by atoms with Gasteiger partial charge in [0.15, 0.2) is 0 Å². The van der Waals surface area contributed by atoms with Crippen LogP contribution in [0.2, 0.25) is 0 Å². The number of alkyl halides is 3. The number of carbonyl (C=O) groups is 1. The van der Waals surface area contributed by atoms with Crippen LogP contribution in [0.5, 0.6) is 0 Å². The quantitative estimate of drug-likeness (QED) is 0.816. The Bertz CT molecular complexity index is 280. The van der Waals surface area contributed by atoms with E-state index < -0.39 is 24.4 Å². The molecular weight excluding hydrogens is 237 g/mol. The van der Waals surface area contributed by atoms with Gasteiger partial charge in [0, 0.05) is 13.1 Å². The molecule has 1 heterocycles. The van der Waals surface area contributed by atoms with Crippen LogP contribution in [0.3, 0.4) is 0 Å². The van der Waals surface area contributed by atoms with E-state index in [0.29, 0.717) is 0 Å². The van der Waals surface area contributed by atoms with Gasteiger partial charge in [-0.2, -0.15) is 13.2 Å². The summed E-state index contributed by atoms with van der Waals surface area (Å²) in [5.41, 5.74) is -0.598. The highest BCUT2D eigenvalue weighted by atomic mass is 19.4. The van der Waals surface area contributed by atoms with Crippen LogP contribution >= 0.6 is 0 Å². The summed E-state index contributed by atoms with van der Waals surface area (Å²) in [6.07, 6.45) is -4.77. The Labute approximate surface area is 98.1 Å². The summed E-state index contributed by atoms with van der Waals surface area (Å²) < 4.78 is 40.9. The molecule has 1 N–H and O–H groups in total. The van der Waals surface area contributed by atoms with Crippen molar-refractivity contribution in [1.82, 2.24) is 10.2 Å². The van der Waals surface area contributed by atoms with E-state index in [-0.39, 0.29) is 19.1 Å². The molecule has 7 heteroatoms. The molecule has 0 atom stereocenters. The van der Waals surface area contributed by atoms with Crippen molar-refractivity contribution >= 4 is 6.09 Å². The molecule has 0 radical (unpaired) electrons. The molecule has 1 aliphatic rings. The van der Waals surface area contributed by atoms with E-state index >= 15 is 0 Å². The molecule has 0 unspecified atom stereocenters. The number of nitrogens with zero attached hydrogens (tertiary/aromatic N) is 1. The first kappa shape index (κ1) is 14.1. The van der Waals surface area contributed by atoms with Crippen molar-refractivity contribution in [3.8, 4) is 0 Å². The molecule has 0 aromatic carbocycles. The SMILES string of the molecule is CC(C)(C)OC(=O)NC1CN(CC(F)(F)F)C1. The minimum absolute atomic E-state index is 0.207. The summed E-state index contributed by atoms with van der Waals surface area (Å²) in [6, 6.07) is -0.257. The lowest BCUT2D eigenvalue weighted by molar-refractivity contribution is -0.155. The van der Waals surface area contributed by atoms with Gasteiger partial charge in [-0.25, -0.2) is 4.79 Å². The van der Waals surface area contributed by atoms with Gasteiger partial charge < -0.3 is 10.1 Å². The minimum atomic E-state index is -4.18. The van der Waals surface area contributed by atoms with Crippen LogP contribution in [-0.4, -0.2) is 48.4 Å². The number of likely N-dealkylation sites (tertiary alicyclic amines) is 1. The third-order valence-electron chi connectivity index (χ3n) is 2.08. The lowest BCUT2D eigenvalue weighted by Crippen LogP contribution is -2.61. The van der Waals surface area contributed by atoms with Gasteiger partial charge in [-0.05, 0) is 20.8 Å². The van der Waals surface area contributed by atoms with Gasteiger partial charge >= 0.3 is 12.3 Å². The van der Waals surface area contributed by atoms with Crippen LogP contribution in [0.1, 0.15) is 20.8 Å². The zero-order valence-electron chi connectivity index (χ0n) is 10.1. The smallest absolute Gasteiger partial charge is 0.407 e. The van der Waals surface area contributed by atoms with Crippen molar-refractivity contribution < 1.29 is 22.7 Å². The Morgan fingerprint density at radius 3 is 2.29 bits per heavy atom. The molecule has 1 saturated heterocycles. The molecule has 1 aliphatic heterocycles. The molecular formula is C10H17F3N2O2. The number of rotatable bonds is 2. The lowest BCUT2D eigenvalue weighted by Gasteiger charge is -2.39. The highest BCUT2D eigenvalue weighted by molar-refractivity contribution is 5.68. The summed E-state index contributed by atoms with van der Waals surface area (Å²) in [4.78, 5) is 12.5. The number of hydrogen-bond acceptors (Lipinski definition) is 3. The first-order chi connectivity index (χ1) is 7.55. The molecule has 0 saturated carbocycles. The maximum absolute atomic E-state index is 12.0. The van der Waals surface area contributed by atoms with E-state index in [4.69, 9.17) is 4.74 Å². The number of ether oxygens (including phenoxy) is 1. The fourth-order valence-corrected chi connectivity index (χ4v) is 1.52. The number of amides is 1. The molecule has 4 nitrogen and oxygen atoms in total. The van der Waals surface area contributed by atoms with Crippen LogP contribution in [0.25, 0.3) is 0 Å². The molecule has 1 fully saturated rings. The summed E-state index contributed by atoms with van der Waals surface area (Å²) >= 11 is 0. The van der Waals surface area contributed by atoms with Crippen LogP contribution in [0, 0.1) is 0 Å². The Hall–Kier alpha value is -0.980. The van der Waals surface area contributed by atoms with E-state index in [9.17, 15) is 18.0 Å². The molecule has 0 spiro atoms. The van der Waals surface area contributed by atoms with Gasteiger partial charge in [0.2, 0.25) is 0 Å². The van der Waals surface area contributed by atoms with Gasteiger partial charge in [-0.3, -0.25) is 4.90 Å². The van der Waals surface area contributed by atoms with Gasteiger partial charge in [-0.1, -0.05) is 0 Å². The van der Waals surface area contributed by atoms with Crippen molar-refractivity contribution in [3.05, 3.63) is 0 Å². The molecule has 0 bridgehead atoms. The predicted octanol–water partition coefficient (Wildman–Crippen LogP) is 1.76. The van der Waals surface area contributed by atoms with Gasteiger partial charge in [-0.15, -0.1) is 0 Å². The molecule has 0 aromatic heterocycles. The first-order valence-corrected chi connectivity index (χ1v) is 5.34. The number of halogens is 3. The highest BCUT2D eigenvalue weighted by Gasteiger charge is 2.37. The van der Waals surface area contributed by atoms with E-state index in [1.54, 1.807) is 20.8 Å². The Balaban J connectivity index is 2.19. The lowest BCUT2D eigenvalue weighted by atomic mass is 10.1. The maximum Gasteiger partial charge on any atom is 0.407 e. The summed E-state index contributed by atoms with van der Waals surface area (Å²) in [6.45, 7) is 4.66. The number of carbonyl (C=O) groups excluding carboxylic acids is 1. The zero-order valence-corrected chi connectivity index (χ0v) is 10.1. The normalized spacial score (nSPS) is 18.7. The van der Waals surface area contributed by atoms with E-state index in [1.165, 1.54) is 4.90 Å². The Morgan fingerprint density at radius 1 is 1.35 bits per heavy atom. The standard InChI is InChI=1S/C10H17F3N2O2/c1-9(2,3)17-8(16)14-7-4-15(5-7)6-10(11,12)13/h7H,4-6H2,1-3H3,(H,14,16). The number of nitrogens with one attached hydrogen (secondary N) is 1. The zero-order chi connectivity index (χ0) is 13.3. The summed E-state index contributed by atoms with van der Waals surface area (Å²) in [5, 5.41) is 2.52. The van der Waals surface area contributed by atoms with E-state index in [1.807, 2.05) is 0 Å². The van der Waals surface area contributed by atoms with Crippen molar-refractivity contribution in [2.24, 2.45) is 0 Å². The summed E-state index contributed by atoms with van der Waals surface area (Å²) in [5.74, 6) is 0. The van der Waals surface area contributed by atoms with Crippen LogP contribution in [-0.2, 0) is 4.74 Å². The molecule has 1 rings (SSSR count). The average molecular weight is 254 g/mol. The monoisotopic (exact) mass is 254 g/mol. The molecule has 100 valence electrons. The Morgan fingerprint density at radius 2 is 1.88 bits per heavy atom. The fourth-order valence-electron chi connectivity index (χ4n) is 1.52. The van der Waals surface area contributed by atoms with Crippen molar-refractivity contribution in [3.63, 3.8) is 0 Å².